The van der Waals surface area contributed by atoms with Gasteiger partial charge in [0.15, 0.2) is 0 Å². The summed E-state index contributed by atoms with van der Waals surface area (Å²) in [6.45, 7) is 7.61. The van der Waals surface area contributed by atoms with Gasteiger partial charge in [-0.15, -0.1) is 11.3 Å². The fourth-order valence-corrected chi connectivity index (χ4v) is 3.31. The van der Waals surface area contributed by atoms with Crippen LogP contribution in [0.15, 0.2) is 48.7 Å². The Kier molecular flexibility index (Phi) is 3.68. The molecule has 0 aliphatic carbocycles. The fraction of sp³-hybridized carbons (Fsp3) is 0.278. The number of pyridine rings is 1. The molecule has 0 saturated carbocycles. The number of benzene rings is 1. The minimum Gasteiger partial charge on any atom is -0.378 e. The van der Waals surface area contributed by atoms with Crippen LogP contribution in [0.1, 0.15) is 30.5 Å². The SMILES string of the molecule is CC(C)(C)c1ccc(CNc2cccc3cccnc23)s1. The van der Waals surface area contributed by atoms with Crippen LogP contribution in [0, 0.1) is 0 Å². The molecule has 2 aromatic heterocycles. The molecule has 0 amide bonds. The molecule has 0 radical (unpaired) electrons. The van der Waals surface area contributed by atoms with E-state index in [1.807, 2.05) is 23.6 Å². The van der Waals surface area contributed by atoms with E-state index in [1.165, 1.54) is 15.1 Å². The first-order valence-electron chi connectivity index (χ1n) is 7.21. The molecule has 0 saturated heterocycles. The van der Waals surface area contributed by atoms with Crippen LogP contribution in [0.5, 0.6) is 0 Å². The Morgan fingerprint density at radius 1 is 1.05 bits per heavy atom. The first-order valence-corrected chi connectivity index (χ1v) is 8.02. The minimum atomic E-state index is 0.226. The molecule has 0 fully saturated rings. The molecule has 108 valence electrons. The summed E-state index contributed by atoms with van der Waals surface area (Å²) < 4.78 is 0. The highest BCUT2D eigenvalue weighted by molar-refractivity contribution is 7.12. The van der Waals surface area contributed by atoms with Gasteiger partial charge in [-0.25, -0.2) is 0 Å². The van der Waals surface area contributed by atoms with Crippen molar-refractivity contribution in [3.63, 3.8) is 0 Å². The number of aromatic nitrogens is 1. The highest BCUT2D eigenvalue weighted by Crippen LogP contribution is 2.30. The largest absolute Gasteiger partial charge is 0.378 e. The molecule has 0 aliphatic rings. The standard InChI is InChI=1S/C18H20N2S/c1-18(2,3)16-10-9-14(21-16)12-20-15-8-4-6-13-7-5-11-19-17(13)15/h4-11,20H,12H2,1-3H3. The van der Waals surface area contributed by atoms with Crippen LogP contribution >= 0.6 is 11.3 Å². The second-order valence-corrected chi connectivity index (χ2v) is 7.42. The van der Waals surface area contributed by atoms with Crippen LogP contribution in [0.4, 0.5) is 5.69 Å². The topological polar surface area (TPSA) is 24.9 Å². The highest BCUT2D eigenvalue weighted by atomic mass is 32.1. The Hall–Kier alpha value is -1.87. The first-order chi connectivity index (χ1) is 10.0. The number of hydrogen-bond donors (Lipinski definition) is 1. The van der Waals surface area contributed by atoms with E-state index in [-0.39, 0.29) is 5.41 Å². The van der Waals surface area contributed by atoms with Gasteiger partial charge in [0, 0.05) is 27.9 Å². The molecule has 1 aromatic carbocycles. The summed E-state index contributed by atoms with van der Waals surface area (Å²) in [7, 11) is 0. The molecule has 3 rings (SSSR count). The lowest BCUT2D eigenvalue weighted by Gasteiger charge is -2.15. The molecule has 1 N–H and O–H groups in total. The highest BCUT2D eigenvalue weighted by Gasteiger charge is 2.15. The second kappa shape index (κ2) is 5.49. The summed E-state index contributed by atoms with van der Waals surface area (Å²) in [6.07, 6.45) is 1.84. The summed E-state index contributed by atoms with van der Waals surface area (Å²) >= 11 is 1.88. The van der Waals surface area contributed by atoms with Crippen molar-refractivity contribution in [3.05, 3.63) is 58.4 Å². The third kappa shape index (κ3) is 3.08. The van der Waals surface area contributed by atoms with E-state index in [0.29, 0.717) is 0 Å². The summed E-state index contributed by atoms with van der Waals surface area (Å²) in [4.78, 5) is 7.26. The van der Waals surface area contributed by atoms with Gasteiger partial charge in [0.1, 0.15) is 0 Å². The predicted octanol–water partition coefficient (Wildman–Crippen LogP) is 5.21. The van der Waals surface area contributed by atoms with Gasteiger partial charge in [0.05, 0.1) is 11.2 Å². The smallest absolute Gasteiger partial charge is 0.0933 e. The molecule has 3 heteroatoms. The van der Waals surface area contributed by atoms with Crippen LogP contribution in [0.25, 0.3) is 10.9 Å². The molecule has 21 heavy (non-hydrogen) atoms. The van der Waals surface area contributed by atoms with Crippen LogP contribution in [-0.2, 0) is 12.0 Å². The number of anilines is 1. The van der Waals surface area contributed by atoms with Gasteiger partial charge in [-0.3, -0.25) is 4.98 Å². The van der Waals surface area contributed by atoms with Crippen molar-refractivity contribution in [3.8, 4) is 0 Å². The van der Waals surface area contributed by atoms with Gasteiger partial charge in [-0.2, -0.15) is 0 Å². The lowest BCUT2D eigenvalue weighted by molar-refractivity contribution is 0.604. The molecular formula is C18H20N2S. The van der Waals surface area contributed by atoms with E-state index >= 15 is 0 Å². The summed E-state index contributed by atoms with van der Waals surface area (Å²) in [5.41, 5.74) is 2.36. The van der Waals surface area contributed by atoms with Crippen LogP contribution in [0.3, 0.4) is 0 Å². The van der Waals surface area contributed by atoms with E-state index in [0.717, 1.165) is 17.7 Å². The lowest BCUT2D eigenvalue weighted by atomic mass is 9.95. The number of para-hydroxylation sites is 1. The van der Waals surface area contributed by atoms with Crippen molar-refractivity contribution in [1.82, 2.24) is 4.98 Å². The molecular weight excluding hydrogens is 276 g/mol. The first kappa shape index (κ1) is 14.1. The van der Waals surface area contributed by atoms with Gasteiger partial charge in [-0.1, -0.05) is 39.0 Å². The third-order valence-corrected chi connectivity index (χ3v) is 5.00. The fourth-order valence-electron chi connectivity index (χ4n) is 2.31. The second-order valence-electron chi connectivity index (χ2n) is 6.25. The Labute approximate surface area is 129 Å². The van der Waals surface area contributed by atoms with Crippen LogP contribution < -0.4 is 5.32 Å². The van der Waals surface area contributed by atoms with Gasteiger partial charge in [0.2, 0.25) is 0 Å². The molecule has 0 unspecified atom stereocenters. The van der Waals surface area contributed by atoms with Crippen molar-refractivity contribution in [1.29, 1.82) is 0 Å². The molecule has 3 aromatic rings. The zero-order valence-corrected chi connectivity index (χ0v) is 13.5. The van der Waals surface area contributed by atoms with Crippen molar-refractivity contribution in [2.45, 2.75) is 32.7 Å². The van der Waals surface area contributed by atoms with Crippen molar-refractivity contribution < 1.29 is 0 Å². The van der Waals surface area contributed by atoms with Crippen molar-refractivity contribution in [2.75, 3.05) is 5.32 Å². The number of nitrogens with one attached hydrogen (secondary N) is 1. The van der Waals surface area contributed by atoms with E-state index in [9.17, 15) is 0 Å². The van der Waals surface area contributed by atoms with Gasteiger partial charge >= 0.3 is 0 Å². The Morgan fingerprint density at radius 3 is 2.62 bits per heavy atom. The number of hydrogen-bond acceptors (Lipinski definition) is 3. The maximum absolute atomic E-state index is 4.48. The summed E-state index contributed by atoms with van der Waals surface area (Å²) in [5, 5.41) is 4.69. The van der Waals surface area contributed by atoms with E-state index in [1.54, 1.807) is 0 Å². The lowest BCUT2D eigenvalue weighted by Crippen LogP contribution is -2.07. The van der Waals surface area contributed by atoms with Crippen molar-refractivity contribution in [2.24, 2.45) is 0 Å². The molecule has 2 heterocycles. The molecule has 0 bridgehead atoms. The number of nitrogens with zero attached hydrogens (tertiary/aromatic N) is 1. The average molecular weight is 296 g/mol. The number of fused-ring (bicyclic) bond motifs is 1. The monoisotopic (exact) mass is 296 g/mol. The van der Waals surface area contributed by atoms with Crippen molar-refractivity contribution >= 4 is 27.9 Å². The normalized spacial score (nSPS) is 11.8. The van der Waals surface area contributed by atoms with Gasteiger partial charge in [-0.05, 0) is 29.7 Å². The maximum atomic E-state index is 4.48. The zero-order valence-electron chi connectivity index (χ0n) is 12.7. The van der Waals surface area contributed by atoms with Gasteiger partial charge < -0.3 is 5.32 Å². The Balaban J connectivity index is 1.79. The zero-order chi connectivity index (χ0) is 14.9. The predicted molar refractivity (Wildman–Crippen MR) is 92.1 cm³/mol. The third-order valence-electron chi connectivity index (χ3n) is 3.49. The van der Waals surface area contributed by atoms with Crippen LogP contribution in [0.2, 0.25) is 0 Å². The quantitative estimate of drug-likeness (QED) is 0.718. The van der Waals surface area contributed by atoms with E-state index in [2.05, 4.69) is 67.5 Å². The average Bonchev–Trinajstić information content (AvgIpc) is 2.94. The van der Waals surface area contributed by atoms with E-state index < -0.39 is 0 Å². The van der Waals surface area contributed by atoms with E-state index in [4.69, 9.17) is 0 Å². The summed E-state index contributed by atoms with van der Waals surface area (Å²) in [6, 6.07) is 14.8. The number of rotatable bonds is 3. The molecule has 0 spiro atoms. The molecule has 0 atom stereocenters. The minimum absolute atomic E-state index is 0.226. The number of thiophene rings is 1. The molecule has 0 aliphatic heterocycles. The van der Waals surface area contributed by atoms with Gasteiger partial charge in [0.25, 0.3) is 0 Å². The molecule has 2 nitrogen and oxygen atoms in total. The Morgan fingerprint density at radius 2 is 1.86 bits per heavy atom. The Bertz CT molecular complexity index is 748. The maximum Gasteiger partial charge on any atom is 0.0933 e. The summed E-state index contributed by atoms with van der Waals surface area (Å²) in [5.74, 6) is 0. The van der Waals surface area contributed by atoms with Crippen LogP contribution in [-0.4, -0.2) is 4.98 Å².